The van der Waals surface area contributed by atoms with Crippen LogP contribution in [0.25, 0.3) is 88.7 Å². The normalized spacial score (nSPS) is 15.0. The van der Waals surface area contributed by atoms with E-state index in [0.717, 1.165) is 16.7 Å². The first-order chi connectivity index (χ1) is 27.3. The van der Waals surface area contributed by atoms with Gasteiger partial charge in [-0.05, 0) is 95.0 Å². The van der Waals surface area contributed by atoms with Crippen LogP contribution in [0.5, 0.6) is 0 Å². The number of fused-ring (bicyclic) bond motifs is 16. The second kappa shape index (κ2) is 11.4. The third-order valence-electron chi connectivity index (χ3n) is 11.9. The lowest BCUT2D eigenvalue weighted by molar-refractivity contribution is 0.795. The molecular formula is C52H31N3. The van der Waals surface area contributed by atoms with Crippen LogP contribution >= 0.6 is 0 Å². The minimum Gasteiger partial charge on any atom is -0.208 e. The Balaban J connectivity index is 1.17. The highest BCUT2D eigenvalue weighted by Crippen LogP contribution is 2.63. The number of hydrogen-bond acceptors (Lipinski definition) is 3. The van der Waals surface area contributed by atoms with E-state index in [2.05, 4.69) is 152 Å². The minimum atomic E-state index is -0.535. The summed E-state index contributed by atoms with van der Waals surface area (Å²) in [7, 11) is 0. The number of benzene rings is 9. The van der Waals surface area contributed by atoms with Crippen LogP contribution in [0.15, 0.2) is 188 Å². The zero-order chi connectivity index (χ0) is 36.1. The molecule has 2 aliphatic rings. The van der Waals surface area contributed by atoms with Gasteiger partial charge in [-0.1, -0.05) is 170 Å². The summed E-state index contributed by atoms with van der Waals surface area (Å²) in [5, 5.41) is 7.69. The van der Waals surface area contributed by atoms with Gasteiger partial charge in [0, 0.05) is 16.7 Å². The van der Waals surface area contributed by atoms with Gasteiger partial charge in [0.1, 0.15) is 0 Å². The fourth-order valence-electron chi connectivity index (χ4n) is 9.61. The molecule has 0 saturated carbocycles. The van der Waals surface area contributed by atoms with Crippen molar-refractivity contribution in [3.8, 4) is 56.4 Å². The molecule has 55 heavy (non-hydrogen) atoms. The van der Waals surface area contributed by atoms with E-state index in [-0.39, 0.29) is 0 Å². The van der Waals surface area contributed by atoms with Gasteiger partial charge in [0.2, 0.25) is 0 Å². The number of hydrogen-bond donors (Lipinski definition) is 0. The van der Waals surface area contributed by atoms with Gasteiger partial charge in [0.15, 0.2) is 17.5 Å². The molecule has 1 aromatic heterocycles. The molecule has 0 fully saturated rings. The van der Waals surface area contributed by atoms with Crippen molar-refractivity contribution in [1.29, 1.82) is 0 Å². The van der Waals surface area contributed by atoms with Crippen LogP contribution in [-0.4, -0.2) is 15.0 Å². The molecule has 12 rings (SSSR count). The van der Waals surface area contributed by atoms with Gasteiger partial charge < -0.3 is 0 Å². The van der Waals surface area contributed by atoms with E-state index in [1.54, 1.807) is 0 Å². The smallest absolute Gasteiger partial charge is 0.164 e. The molecule has 2 aliphatic carbocycles. The fourth-order valence-corrected chi connectivity index (χ4v) is 9.61. The number of rotatable bonds is 3. The molecule has 0 saturated heterocycles. The Labute approximate surface area is 318 Å². The van der Waals surface area contributed by atoms with Crippen molar-refractivity contribution in [3.63, 3.8) is 0 Å². The maximum atomic E-state index is 5.16. The van der Waals surface area contributed by atoms with Gasteiger partial charge >= 0.3 is 0 Å². The van der Waals surface area contributed by atoms with Crippen molar-refractivity contribution >= 4 is 32.3 Å². The minimum absolute atomic E-state index is 0.535. The maximum absolute atomic E-state index is 5.16. The van der Waals surface area contributed by atoms with Crippen LogP contribution in [0.4, 0.5) is 0 Å². The summed E-state index contributed by atoms with van der Waals surface area (Å²) < 4.78 is 0. The highest BCUT2D eigenvalue weighted by molar-refractivity contribution is 6.26. The standard InChI is InChI=1S/C52H31N3/c1-3-15-32(16-4-1)49-53-50(33-17-5-2-6-18-33)55-51(54-49)34-27-28-41-39-23-11-13-25-45(39)52(47(41)29-34)46-26-14-12-24-40(46)44-30-42-37-21-9-7-19-35(37)36-20-8-10-22-38(36)43(42)31-48(44)52/h1-31H. The van der Waals surface area contributed by atoms with Crippen molar-refractivity contribution in [1.82, 2.24) is 15.0 Å². The fraction of sp³-hybridized carbons (Fsp3) is 0.0192. The Morgan fingerprint density at radius 1 is 0.255 bits per heavy atom. The van der Waals surface area contributed by atoms with Crippen LogP contribution in [0, 0.1) is 0 Å². The lowest BCUT2D eigenvalue weighted by Crippen LogP contribution is -2.26. The second-order valence-electron chi connectivity index (χ2n) is 14.7. The average molecular weight is 698 g/mol. The zero-order valence-electron chi connectivity index (χ0n) is 29.7. The maximum Gasteiger partial charge on any atom is 0.164 e. The molecule has 0 aliphatic heterocycles. The second-order valence-corrected chi connectivity index (χ2v) is 14.7. The monoisotopic (exact) mass is 697 g/mol. The predicted octanol–water partition coefficient (Wildman–Crippen LogP) is 12.7. The molecule has 1 unspecified atom stereocenters. The summed E-state index contributed by atoms with van der Waals surface area (Å²) in [5.41, 5.74) is 12.6. The Bertz CT molecular complexity index is 3150. The molecular weight excluding hydrogens is 667 g/mol. The molecule has 9 aromatic carbocycles. The van der Waals surface area contributed by atoms with Crippen LogP contribution < -0.4 is 0 Å². The first-order valence-corrected chi connectivity index (χ1v) is 18.9. The molecule has 10 aromatic rings. The van der Waals surface area contributed by atoms with Crippen LogP contribution in [-0.2, 0) is 5.41 Å². The Morgan fingerprint density at radius 3 is 1.22 bits per heavy atom. The third-order valence-corrected chi connectivity index (χ3v) is 11.9. The summed E-state index contributed by atoms with van der Waals surface area (Å²) >= 11 is 0. The summed E-state index contributed by atoms with van der Waals surface area (Å²) in [6.45, 7) is 0. The summed E-state index contributed by atoms with van der Waals surface area (Å²) in [4.78, 5) is 15.3. The molecule has 1 spiro atoms. The lowest BCUT2D eigenvalue weighted by Gasteiger charge is -2.31. The number of nitrogens with zero attached hydrogens (tertiary/aromatic N) is 3. The molecule has 0 amide bonds. The van der Waals surface area contributed by atoms with E-state index in [1.165, 1.54) is 76.8 Å². The van der Waals surface area contributed by atoms with Gasteiger partial charge in [0.25, 0.3) is 0 Å². The van der Waals surface area contributed by atoms with Gasteiger partial charge in [-0.3, -0.25) is 0 Å². The van der Waals surface area contributed by atoms with Gasteiger partial charge in [-0.2, -0.15) is 0 Å². The van der Waals surface area contributed by atoms with E-state index in [0.29, 0.717) is 17.5 Å². The van der Waals surface area contributed by atoms with E-state index >= 15 is 0 Å². The van der Waals surface area contributed by atoms with E-state index < -0.39 is 5.41 Å². The predicted molar refractivity (Wildman–Crippen MR) is 225 cm³/mol. The third kappa shape index (κ3) is 4.18. The van der Waals surface area contributed by atoms with Crippen molar-refractivity contribution in [3.05, 3.63) is 210 Å². The van der Waals surface area contributed by atoms with Crippen LogP contribution in [0.1, 0.15) is 22.3 Å². The molecule has 3 heteroatoms. The van der Waals surface area contributed by atoms with Gasteiger partial charge in [-0.25, -0.2) is 15.0 Å². The van der Waals surface area contributed by atoms with Crippen LogP contribution in [0.3, 0.4) is 0 Å². The van der Waals surface area contributed by atoms with Crippen LogP contribution in [0.2, 0.25) is 0 Å². The Morgan fingerprint density at radius 2 is 0.655 bits per heavy atom. The van der Waals surface area contributed by atoms with Crippen molar-refractivity contribution in [2.75, 3.05) is 0 Å². The van der Waals surface area contributed by atoms with E-state index in [9.17, 15) is 0 Å². The largest absolute Gasteiger partial charge is 0.208 e. The van der Waals surface area contributed by atoms with Crippen molar-refractivity contribution < 1.29 is 0 Å². The molecule has 0 bridgehead atoms. The van der Waals surface area contributed by atoms with Gasteiger partial charge in [-0.15, -0.1) is 0 Å². The number of aromatic nitrogens is 3. The van der Waals surface area contributed by atoms with E-state index in [1.807, 2.05) is 36.4 Å². The molecule has 1 heterocycles. The zero-order valence-corrected chi connectivity index (χ0v) is 29.7. The summed E-state index contributed by atoms with van der Waals surface area (Å²) in [6.07, 6.45) is 0. The molecule has 254 valence electrons. The van der Waals surface area contributed by atoms with E-state index in [4.69, 9.17) is 15.0 Å². The topological polar surface area (TPSA) is 38.7 Å². The summed E-state index contributed by atoms with van der Waals surface area (Å²) in [6, 6.07) is 68.0. The highest BCUT2D eigenvalue weighted by atomic mass is 15.0. The quantitative estimate of drug-likeness (QED) is 0.173. The van der Waals surface area contributed by atoms with Crippen molar-refractivity contribution in [2.24, 2.45) is 0 Å². The average Bonchev–Trinajstić information content (AvgIpc) is 3.73. The SMILES string of the molecule is c1ccc(-c2nc(-c3ccccc3)nc(-c3ccc4c(c3)C3(c5ccccc5-4)c4ccccc4-c4cc5c6ccccc6c6ccccc6c5cc43)n2)cc1. The highest BCUT2D eigenvalue weighted by Gasteiger charge is 2.52. The first-order valence-electron chi connectivity index (χ1n) is 18.9. The molecule has 3 nitrogen and oxygen atoms in total. The Hall–Kier alpha value is -7.23. The molecule has 0 N–H and O–H groups in total. The lowest BCUT2D eigenvalue weighted by atomic mass is 9.70. The molecule has 1 atom stereocenters. The first kappa shape index (κ1) is 30.3. The Kier molecular flexibility index (Phi) is 6.26. The van der Waals surface area contributed by atoms with Crippen molar-refractivity contribution in [2.45, 2.75) is 5.41 Å². The summed E-state index contributed by atoms with van der Waals surface area (Å²) in [5.74, 6) is 1.97. The van der Waals surface area contributed by atoms with Gasteiger partial charge in [0.05, 0.1) is 5.41 Å². The molecule has 0 radical (unpaired) electrons.